The van der Waals surface area contributed by atoms with Crippen LogP contribution >= 0.6 is 11.3 Å². The van der Waals surface area contributed by atoms with Crippen molar-refractivity contribution in [2.75, 3.05) is 39.8 Å². The van der Waals surface area contributed by atoms with E-state index in [-0.39, 0.29) is 24.5 Å². The summed E-state index contributed by atoms with van der Waals surface area (Å²) in [6, 6.07) is 4.10. The Morgan fingerprint density at radius 3 is 2.04 bits per heavy atom. The second kappa shape index (κ2) is 17.3. The van der Waals surface area contributed by atoms with Crippen LogP contribution in [0, 0.1) is 6.92 Å². The molecule has 1 aromatic carbocycles. The third kappa shape index (κ3) is 12.5. The Labute approximate surface area is 263 Å². The van der Waals surface area contributed by atoms with Crippen LogP contribution in [0.1, 0.15) is 27.2 Å². The van der Waals surface area contributed by atoms with Gasteiger partial charge in [-0.15, -0.1) is 11.3 Å². The molecule has 1 heterocycles. The Kier molecular flexibility index (Phi) is 14.5. The molecule has 18 heteroatoms. The zero-order valence-electron chi connectivity index (χ0n) is 25.0. The van der Waals surface area contributed by atoms with E-state index in [2.05, 4.69) is 25.1 Å². The minimum atomic E-state index is -4.78. The van der Waals surface area contributed by atoms with E-state index in [4.69, 9.17) is 9.47 Å². The zero-order chi connectivity index (χ0) is 33.8. The molecule has 45 heavy (non-hydrogen) atoms. The Bertz CT molecular complexity index is 1410. The number of amides is 3. The van der Waals surface area contributed by atoms with Crippen LogP contribution in [0.2, 0.25) is 0 Å². The first-order valence-corrected chi connectivity index (χ1v) is 15.8. The van der Waals surface area contributed by atoms with Gasteiger partial charge in [0.25, 0.3) is 22.5 Å². The second-order valence-electron chi connectivity index (χ2n) is 10.0. The summed E-state index contributed by atoms with van der Waals surface area (Å²) in [6.45, 7) is 0.776. The maximum absolute atomic E-state index is 13.4. The lowest BCUT2D eigenvalue weighted by molar-refractivity contribution is -0.143. The van der Waals surface area contributed by atoms with Gasteiger partial charge in [-0.3, -0.25) is 23.4 Å². The van der Waals surface area contributed by atoms with Gasteiger partial charge in [0.15, 0.2) is 5.78 Å². The number of nitrogens with zero attached hydrogens (tertiary/aromatic N) is 1. The number of methoxy groups -OCH3 is 2. The SMILES string of the molecule is COC[C@H](NC(=O)c1cnc(C)s1)C(=O)N[C@@H](COC)C(=O)N[C@@H](Cc1ccccc1)C(=O)C(C)(O)COS(=O)(=O)CC(F)F. The monoisotopic (exact) mass is 678 g/mol. The smallest absolute Gasteiger partial charge is 0.273 e. The highest BCUT2D eigenvalue weighted by atomic mass is 32.2. The van der Waals surface area contributed by atoms with Gasteiger partial charge in [-0.05, 0) is 25.8 Å². The lowest BCUT2D eigenvalue weighted by Crippen LogP contribution is -2.60. The zero-order valence-corrected chi connectivity index (χ0v) is 26.6. The Balaban J connectivity index is 2.25. The topological polar surface area (TPSA) is 199 Å². The van der Waals surface area contributed by atoms with Crippen molar-refractivity contribution in [3.8, 4) is 0 Å². The summed E-state index contributed by atoms with van der Waals surface area (Å²) in [5.74, 6) is -5.09. The van der Waals surface area contributed by atoms with Gasteiger partial charge in [0, 0.05) is 14.2 Å². The summed E-state index contributed by atoms with van der Waals surface area (Å²) in [5.41, 5.74) is -2.02. The van der Waals surface area contributed by atoms with Gasteiger partial charge in [-0.1, -0.05) is 30.3 Å². The molecule has 2 rings (SSSR count). The molecule has 0 aliphatic rings. The van der Waals surface area contributed by atoms with Gasteiger partial charge < -0.3 is 30.5 Å². The molecule has 1 unspecified atom stereocenters. The van der Waals surface area contributed by atoms with Crippen LogP contribution in [0.3, 0.4) is 0 Å². The standard InChI is InChI=1S/C27H36F2N4O10S2/c1-16-30-11-21(44-16)26(37)33-20(13-42-4)25(36)32-19(12-41-3)24(35)31-18(10-17-8-6-5-7-9-17)23(34)27(2,38)15-43-45(39,40)14-22(28)29/h5-9,11,18-20,22,38H,10,12-15H2,1-4H3,(H,31,35)(H,32,36)(H,33,37)/t18-,19-,20-,27?/m0/s1. The number of ether oxygens (including phenoxy) is 2. The fraction of sp³-hybridized carbons (Fsp3) is 0.519. The molecule has 0 bridgehead atoms. The lowest BCUT2D eigenvalue weighted by atomic mass is 9.91. The van der Waals surface area contributed by atoms with Gasteiger partial charge in [0.2, 0.25) is 11.8 Å². The molecule has 250 valence electrons. The summed E-state index contributed by atoms with van der Waals surface area (Å²) < 4.78 is 63.3. The number of thiazole rings is 1. The quantitative estimate of drug-likeness (QED) is 0.146. The van der Waals surface area contributed by atoms with Crippen LogP contribution < -0.4 is 16.0 Å². The maximum atomic E-state index is 13.4. The number of carbonyl (C=O) groups excluding carboxylic acids is 4. The van der Waals surface area contributed by atoms with Gasteiger partial charge in [0.1, 0.15) is 34.9 Å². The molecule has 0 saturated heterocycles. The molecule has 0 aliphatic heterocycles. The number of aryl methyl sites for hydroxylation is 1. The molecule has 14 nitrogen and oxygen atoms in total. The van der Waals surface area contributed by atoms with E-state index in [1.54, 1.807) is 37.3 Å². The molecule has 0 fully saturated rings. The summed E-state index contributed by atoms with van der Waals surface area (Å²) in [7, 11) is -2.23. The number of aromatic nitrogens is 1. The maximum Gasteiger partial charge on any atom is 0.273 e. The van der Waals surface area contributed by atoms with Crippen molar-refractivity contribution in [1.82, 2.24) is 20.9 Å². The van der Waals surface area contributed by atoms with Crippen LogP contribution in [-0.4, -0.2) is 112 Å². The van der Waals surface area contributed by atoms with Crippen molar-refractivity contribution < 1.29 is 55.1 Å². The third-order valence-corrected chi connectivity index (χ3v) is 8.11. The summed E-state index contributed by atoms with van der Waals surface area (Å²) >= 11 is 1.11. The number of alkyl halides is 2. The molecule has 0 spiro atoms. The lowest BCUT2D eigenvalue weighted by Gasteiger charge is -2.29. The minimum Gasteiger partial charge on any atom is -0.382 e. The first-order valence-electron chi connectivity index (χ1n) is 13.4. The molecule has 3 amide bonds. The van der Waals surface area contributed by atoms with Crippen molar-refractivity contribution in [3.63, 3.8) is 0 Å². The number of rotatable bonds is 19. The Morgan fingerprint density at radius 2 is 1.53 bits per heavy atom. The van der Waals surface area contributed by atoms with Crippen molar-refractivity contribution in [1.29, 1.82) is 0 Å². The number of benzene rings is 1. The van der Waals surface area contributed by atoms with E-state index in [0.29, 0.717) is 10.6 Å². The van der Waals surface area contributed by atoms with Gasteiger partial charge in [0.05, 0.1) is 30.5 Å². The predicted molar refractivity (Wildman–Crippen MR) is 157 cm³/mol. The molecule has 1 aromatic heterocycles. The molecule has 0 aliphatic carbocycles. The number of halogens is 2. The predicted octanol–water partition coefficient (Wildman–Crippen LogP) is -0.0134. The highest BCUT2D eigenvalue weighted by molar-refractivity contribution is 7.86. The van der Waals surface area contributed by atoms with Crippen LogP contribution in [0.4, 0.5) is 8.78 Å². The summed E-state index contributed by atoms with van der Waals surface area (Å²) in [6.07, 6.45) is -2.09. The van der Waals surface area contributed by atoms with Crippen molar-refractivity contribution in [3.05, 3.63) is 52.0 Å². The second-order valence-corrected chi connectivity index (χ2v) is 12.9. The van der Waals surface area contributed by atoms with Crippen LogP contribution in [-0.2, 0) is 44.6 Å². The van der Waals surface area contributed by atoms with Crippen LogP contribution in [0.15, 0.2) is 36.5 Å². The molecule has 2 aromatic rings. The molecular formula is C27H36F2N4O10S2. The van der Waals surface area contributed by atoms with E-state index in [1.165, 1.54) is 20.4 Å². The number of carbonyl (C=O) groups is 4. The molecule has 4 N–H and O–H groups in total. The molecular weight excluding hydrogens is 642 g/mol. The average Bonchev–Trinajstić information content (AvgIpc) is 3.41. The number of nitrogens with one attached hydrogen (secondary N) is 3. The van der Waals surface area contributed by atoms with E-state index in [1.807, 2.05) is 0 Å². The normalized spacial score (nSPS) is 15.0. The average molecular weight is 679 g/mol. The fourth-order valence-corrected chi connectivity index (χ4v) is 5.35. The Morgan fingerprint density at radius 1 is 0.978 bits per heavy atom. The molecule has 0 radical (unpaired) electrons. The first kappa shape index (κ1) is 37.8. The van der Waals surface area contributed by atoms with Gasteiger partial charge in [-0.25, -0.2) is 13.8 Å². The van der Waals surface area contributed by atoms with Crippen LogP contribution in [0.25, 0.3) is 0 Å². The van der Waals surface area contributed by atoms with E-state index >= 15 is 0 Å². The van der Waals surface area contributed by atoms with E-state index in [9.17, 15) is 41.5 Å². The van der Waals surface area contributed by atoms with Crippen molar-refractivity contribution in [2.24, 2.45) is 0 Å². The van der Waals surface area contributed by atoms with Gasteiger partial charge >= 0.3 is 0 Å². The van der Waals surface area contributed by atoms with Crippen molar-refractivity contribution in [2.45, 2.75) is 50.4 Å². The summed E-state index contributed by atoms with van der Waals surface area (Å²) in [4.78, 5) is 56.8. The fourth-order valence-electron chi connectivity index (χ4n) is 3.85. The highest BCUT2D eigenvalue weighted by Crippen LogP contribution is 2.16. The van der Waals surface area contributed by atoms with Crippen LogP contribution in [0.5, 0.6) is 0 Å². The van der Waals surface area contributed by atoms with Gasteiger partial charge in [-0.2, -0.15) is 8.42 Å². The Hall–Kier alpha value is -3.42. The number of ketones is 1. The number of hydrogen-bond acceptors (Lipinski definition) is 12. The molecule has 0 saturated carbocycles. The van der Waals surface area contributed by atoms with Crippen molar-refractivity contribution >= 4 is 45.0 Å². The highest BCUT2D eigenvalue weighted by Gasteiger charge is 2.40. The summed E-state index contributed by atoms with van der Waals surface area (Å²) in [5, 5.41) is 18.8. The largest absolute Gasteiger partial charge is 0.382 e. The first-order chi connectivity index (χ1) is 21.1. The number of aliphatic hydroxyl groups is 1. The third-order valence-electron chi connectivity index (χ3n) is 6.06. The number of hydrogen-bond donors (Lipinski definition) is 4. The molecule has 4 atom stereocenters. The van der Waals surface area contributed by atoms with E-state index < -0.39 is 76.1 Å². The number of Topliss-reactive ketones (excluding diaryl/α,β-unsaturated/α-hetero) is 1. The minimum absolute atomic E-state index is 0.185. The van der Waals surface area contributed by atoms with E-state index in [0.717, 1.165) is 18.3 Å².